The van der Waals surface area contributed by atoms with E-state index in [4.69, 9.17) is 17.3 Å². The van der Waals surface area contributed by atoms with Crippen LogP contribution in [0.5, 0.6) is 0 Å². The van der Waals surface area contributed by atoms with Gasteiger partial charge in [0.25, 0.3) is 0 Å². The second-order valence-electron chi connectivity index (χ2n) is 4.09. The molecule has 0 aliphatic heterocycles. The van der Waals surface area contributed by atoms with Crippen molar-refractivity contribution in [3.63, 3.8) is 0 Å². The topological polar surface area (TPSA) is 43.1 Å². The fourth-order valence-electron chi connectivity index (χ4n) is 1.28. The van der Waals surface area contributed by atoms with Gasteiger partial charge in [0.2, 0.25) is 0 Å². The molecule has 0 aromatic heterocycles. The van der Waals surface area contributed by atoms with Crippen LogP contribution in [-0.4, -0.2) is 5.78 Å². The Hall–Kier alpha value is -1.02. The molecule has 2 N–H and O–H groups in total. The minimum absolute atomic E-state index is 0.132. The molecule has 0 spiro atoms. The van der Waals surface area contributed by atoms with Crippen LogP contribution in [0.25, 0.3) is 0 Å². The third-order valence-electron chi connectivity index (χ3n) is 2.27. The van der Waals surface area contributed by atoms with Gasteiger partial charge in [-0.25, -0.2) is 0 Å². The van der Waals surface area contributed by atoms with Crippen molar-refractivity contribution in [2.45, 2.75) is 26.7 Å². The molecule has 0 heterocycles. The number of nitrogens with two attached hydrogens (primary N) is 1. The Morgan fingerprint density at radius 1 is 1.47 bits per heavy atom. The van der Waals surface area contributed by atoms with Crippen LogP contribution < -0.4 is 5.73 Å². The summed E-state index contributed by atoms with van der Waals surface area (Å²) in [5.41, 5.74) is 6.75. The molecular weight excluding hydrogens is 210 g/mol. The van der Waals surface area contributed by atoms with Gasteiger partial charge >= 0.3 is 0 Å². The van der Waals surface area contributed by atoms with Gasteiger partial charge in [0.1, 0.15) is 0 Å². The number of halogens is 1. The third-order valence-corrected chi connectivity index (χ3v) is 2.61. The van der Waals surface area contributed by atoms with E-state index in [-0.39, 0.29) is 5.78 Å². The summed E-state index contributed by atoms with van der Waals surface area (Å²) in [5.74, 6) is 0.672. The minimum atomic E-state index is 0.132. The van der Waals surface area contributed by atoms with Crippen molar-refractivity contribution in [2.75, 3.05) is 5.73 Å². The molecular formula is C12H16ClNO. The largest absolute Gasteiger partial charge is 0.398 e. The first kappa shape index (κ1) is 12.1. The molecule has 0 unspecified atom stereocenters. The molecule has 82 valence electrons. The van der Waals surface area contributed by atoms with Crippen molar-refractivity contribution in [1.82, 2.24) is 0 Å². The van der Waals surface area contributed by atoms with E-state index < -0.39 is 0 Å². The van der Waals surface area contributed by atoms with E-state index in [1.807, 2.05) is 0 Å². The molecule has 0 radical (unpaired) electrons. The highest BCUT2D eigenvalue weighted by molar-refractivity contribution is 6.33. The molecule has 1 aromatic rings. The first-order chi connectivity index (χ1) is 7.00. The normalized spacial score (nSPS) is 10.7. The highest BCUT2D eigenvalue weighted by Crippen LogP contribution is 2.21. The van der Waals surface area contributed by atoms with Crippen LogP contribution in [0.15, 0.2) is 18.2 Å². The van der Waals surface area contributed by atoms with E-state index in [0.29, 0.717) is 28.6 Å². The van der Waals surface area contributed by atoms with Crippen molar-refractivity contribution in [2.24, 2.45) is 5.92 Å². The number of Topliss-reactive ketones (excluding diaryl/α,β-unsaturated/α-hetero) is 1. The zero-order valence-corrected chi connectivity index (χ0v) is 9.84. The highest BCUT2D eigenvalue weighted by atomic mass is 35.5. The molecule has 0 saturated carbocycles. The quantitative estimate of drug-likeness (QED) is 0.629. The Balaban J connectivity index is 2.70. The van der Waals surface area contributed by atoms with E-state index in [9.17, 15) is 4.79 Å². The second kappa shape index (κ2) is 5.17. The number of carbonyl (C=O) groups excluding carboxylic acids is 1. The summed E-state index contributed by atoms with van der Waals surface area (Å²) in [5, 5.41) is 0.496. The summed E-state index contributed by atoms with van der Waals surface area (Å²) in [6.07, 6.45) is 1.47. The van der Waals surface area contributed by atoms with Crippen molar-refractivity contribution in [3.8, 4) is 0 Å². The molecule has 0 fully saturated rings. The molecule has 0 amide bonds. The second-order valence-corrected chi connectivity index (χ2v) is 4.50. The molecule has 0 aliphatic carbocycles. The Morgan fingerprint density at radius 3 is 2.67 bits per heavy atom. The van der Waals surface area contributed by atoms with Crippen LogP contribution in [0.2, 0.25) is 5.02 Å². The number of hydrogen-bond donors (Lipinski definition) is 1. The van der Waals surface area contributed by atoms with E-state index >= 15 is 0 Å². The SMILES string of the molecule is CC(C)CCC(=O)c1ccc(Cl)c(N)c1. The third kappa shape index (κ3) is 3.56. The Morgan fingerprint density at radius 2 is 2.13 bits per heavy atom. The molecule has 1 rings (SSSR count). The summed E-state index contributed by atoms with van der Waals surface area (Å²) in [6.45, 7) is 4.20. The predicted molar refractivity (Wildman–Crippen MR) is 64.3 cm³/mol. The molecule has 0 bridgehead atoms. The van der Waals surface area contributed by atoms with Crippen molar-refractivity contribution >= 4 is 23.1 Å². The molecule has 2 nitrogen and oxygen atoms in total. The van der Waals surface area contributed by atoms with Crippen LogP contribution >= 0.6 is 11.6 Å². The average Bonchev–Trinajstić information content (AvgIpc) is 2.18. The number of nitrogen functional groups attached to an aromatic ring is 1. The number of ketones is 1. The fourth-order valence-corrected chi connectivity index (χ4v) is 1.40. The predicted octanol–water partition coefficient (Wildman–Crippen LogP) is 3.54. The van der Waals surface area contributed by atoms with E-state index in [1.165, 1.54) is 0 Å². The smallest absolute Gasteiger partial charge is 0.162 e. The Bertz CT molecular complexity index is 361. The lowest BCUT2D eigenvalue weighted by atomic mass is 10.0. The van der Waals surface area contributed by atoms with Gasteiger partial charge in [0.15, 0.2) is 5.78 Å². The van der Waals surface area contributed by atoms with Crippen molar-refractivity contribution in [3.05, 3.63) is 28.8 Å². The zero-order chi connectivity index (χ0) is 11.4. The number of hydrogen-bond acceptors (Lipinski definition) is 2. The number of anilines is 1. The van der Waals surface area contributed by atoms with E-state index in [1.54, 1.807) is 18.2 Å². The summed E-state index contributed by atoms with van der Waals surface area (Å²) in [4.78, 5) is 11.7. The van der Waals surface area contributed by atoms with Crippen molar-refractivity contribution < 1.29 is 4.79 Å². The maximum Gasteiger partial charge on any atom is 0.162 e. The molecule has 0 atom stereocenters. The lowest BCUT2D eigenvalue weighted by Crippen LogP contribution is -2.02. The first-order valence-corrected chi connectivity index (χ1v) is 5.46. The number of rotatable bonds is 4. The van der Waals surface area contributed by atoms with Gasteiger partial charge in [-0.2, -0.15) is 0 Å². The van der Waals surface area contributed by atoms with Gasteiger partial charge in [-0.3, -0.25) is 4.79 Å². The minimum Gasteiger partial charge on any atom is -0.398 e. The number of carbonyl (C=O) groups is 1. The van der Waals surface area contributed by atoms with Gasteiger partial charge in [-0.1, -0.05) is 25.4 Å². The van der Waals surface area contributed by atoms with Crippen LogP contribution in [0.4, 0.5) is 5.69 Å². The van der Waals surface area contributed by atoms with Gasteiger partial charge in [-0.15, -0.1) is 0 Å². The molecule has 15 heavy (non-hydrogen) atoms. The molecule has 3 heteroatoms. The standard InChI is InChI=1S/C12H16ClNO/c1-8(2)3-6-12(15)9-4-5-10(13)11(14)7-9/h4-5,7-8H,3,6,14H2,1-2H3. The Labute approximate surface area is 95.4 Å². The van der Waals surface area contributed by atoms with Gasteiger partial charge in [0, 0.05) is 12.0 Å². The molecule has 0 saturated heterocycles. The average molecular weight is 226 g/mol. The molecule has 1 aromatic carbocycles. The van der Waals surface area contributed by atoms with Crippen molar-refractivity contribution in [1.29, 1.82) is 0 Å². The lowest BCUT2D eigenvalue weighted by molar-refractivity contribution is 0.0975. The molecule has 0 aliphatic rings. The van der Waals surface area contributed by atoms with Crippen LogP contribution in [0.3, 0.4) is 0 Å². The maximum absolute atomic E-state index is 11.7. The first-order valence-electron chi connectivity index (χ1n) is 5.09. The number of benzene rings is 1. The van der Waals surface area contributed by atoms with Gasteiger partial charge < -0.3 is 5.73 Å². The van der Waals surface area contributed by atoms with Gasteiger partial charge in [0.05, 0.1) is 10.7 Å². The lowest BCUT2D eigenvalue weighted by Gasteiger charge is -2.05. The van der Waals surface area contributed by atoms with Crippen LogP contribution in [-0.2, 0) is 0 Å². The van der Waals surface area contributed by atoms with E-state index in [2.05, 4.69) is 13.8 Å². The fraction of sp³-hybridized carbons (Fsp3) is 0.417. The highest BCUT2D eigenvalue weighted by Gasteiger charge is 2.08. The summed E-state index contributed by atoms with van der Waals surface area (Å²) < 4.78 is 0. The van der Waals surface area contributed by atoms with Crippen LogP contribution in [0.1, 0.15) is 37.0 Å². The van der Waals surface area contributed by atoms with Crippen LogP contribution in [0, 0.1) is 5.92 Å². The van der Waals surface area contributed by atoms with E-state index in [0.717, 1.165) is 6.42 Å². The summed E-state index contributed by atoms with van der Waals surface area (Å²) in [6, 6.07) is 5.03. The summed E-state index contributed by atoms with van der Waals surface area (Å²) >= 11 is 5.78. The van der Waals surface area contributed by atoms with Gasteiger partial charge in [-0.05, 0) is 30.5 Å². The monoisotopic (exact) mass is 225 g/mol. The Kier molecular flexibility index (Phi) is 4.15. The zero-order valence-electron chi connectivity index (χ0n) is 9.09. The summed E-state index contributed by atoms with van der Waals surface area (Å²) in [7, 11) is 0. The maximum atomic E-state index is 11.7.